The molecule has 6 heteroatoms. The highest BCUT2D eigenvalue weighted by atomic mass is 16.5. The Morgan fingerprint density at radius 2 is 2.08 bits per heavy atom. The zero-order valence-electron chi connectivity index (χ0n) is 15.0. The Kier molecular flexibility index (Phi) is 6.30. The molecule has 138 valence electrons. The third-order valence-electron chi connectivity index (χ3n) is 4.06. The Hall–Kier alpha value is -2.76. The van der Waals surface area contributed by atoms with E-state index in [1.807, 2.05) is 43.3 Å². The molecule has 0 bridgehead atoms. The summed E-state index contributed by atoms with van der Waals surface area (Å²) in [5.41, 5.74) is 2.07. The third-order valence-corrected chi connectivity index (χ3v) is 4.06. The lowest BCUT2D eigenvalue weighted by atomic mass is 10.2. The maximum Gasteiger partial charge on any atom is 0.315 e. The molecule has 0 atom stereocenters. The average Bonchev–Trinajstić information content (AvgIpc) is 3.47. The number of carbonyl (C=O) groups excluding carboxylic acids is 1. The number of ether oxygens (including phenoxy) is 2. The van der Waals surface area contributed by atoms with Crippen LogP contribution < -0.4 is 20.1 Å². The fraction of sp³-hybridized carbons (Fsp3) is 0.400. The number of benzene rings is 1. The molecule has 1 aliphatic carbocycles. The van der Waals surface area contributed by atoms with Crippen molar-refractivity contribution in [2.24, 2.45) is 5.92 Å². The van der Waals surface area contributed by atoms with Crippen LogP contribution in [0.25, 0.3) is 0 Å². The molecule has 0 spiro atoms. The van der Waals surface area contributed by atoms with Crippen molar-refractivity contribution < 1.29 is 14.3 Å². The van der Waals surface area contributed by atoms with E-state index in [4.69, 9.17) is 9.47 Å². The number of rotatable bonds is 9. The first-order valence-corrected chi connectivity index (χ1v) is 8.98. The molecule has 2 amide bonds. The van der Waals surface area contributed by atoms with Gasteiger partial charge in [-0.25, -0.2) is 9.78 Å². The summed E-state index contributed by atoms with van der Waals surface area (Å²) in [7, 11) is 0. The van der Waals surface area contributed by atoms with Crippen LogP contribution in [0.3, 0.4) is 0 Å². The van der Waals surface area contributed by atoms with E-state index in [2.05, 4.69) is 15.6 Å². The van der Waals surface area contributed by atoms with E-state index < -0.39 is 0 Å². The second-order valence-electron chi connectivity index (χ2n) is 6.53. The number of pyridine rings is 1. The molecule has 1 fully saturated rings. The van der Waals surface area contributed by atoms with Gasteiger partial charge in [-0.1, -0.05) is 18.2 Å². The summed E-state index contributed by atoms with van der Waals surface area (Å²) in [5.74, 6) is 2.15. The lowest BCUT2D eigenvalue weighted by Gasteiger charge is -2.10. The van der Waals surface area contributed by atoms with Gasteiger partial charge in [-0.3, -0.25) is 0 Å². The van der Waals surface area contributed by atoms with Gasteiger partial charge in [-0.2, -0.15) is 0 Å². The average molecular weight is 355 g/mol. The monoisotopic (exact) mass is 355 g/mol. The van der Waals surface area contributed by atoms with E-state index in [1.54, 1.807) is 6.20 Å². The van der Waals surface area contributed by atoms with Crippen LogP contribution in [-0.4, -0.2) is 30.8 Å². The third kappa shape index (κ3) is 6.27. The minimum absolute atomic E-state index is 0.230. The van der Waals surface area contributed by atoms with Gasteiger partial charge in [0, 0.05) is 18.8 Å². The topological polar surface area (TPSA) is 72.5 Å². The van der Waals surface area contributed by atoms with Gasteiger partial charge >= 0.3 is 6.03 Å². The minimum atomic E-state index is -0.230. The molecule has 1 aromatic carbocycles. The van der Waals surface area contributed by atoms with Crippen molar-refractivity contribution in [2.75, 3.05) is 19.8 Å². The molecule has 3 rings (SSSR count). The molecule has 6 nitrogen and oxygen atoms in total. The molecule has 2 N–H and O–H groups in total. The first kappa shape index (κ1) is 18.0. The van der Waals surface area contributed by atoms with Crippen molar-refractivity contribution in [1.82, 2.24) is 15.6 Å². The van der Waals surface area contributed by atoms with Crippen LogP contribution in [0.5, 0.6) is 11.6 Å². The standard InChI is InChI=1S/C20H25N3O3/c1-15-3-2-4-18(11-15)25-10-9-21-20(24)23-13-17-7-8-19(22-12-17)26-14-16-5-6-16/h2-4,7-8,11-12,16H,5-6,9-10,13-14H2,1H3,(H2,21,23,24). The number of nitrogens with zero attached hydrogens (tertiary/aromatic N) is 1. The SMILES string of the molecule is Cc1cccc(OCCNC(=O)NCc2ccc(OCC3CC3)nc2)c1. The van der Waals surface area contributed by atoms with E-state index in [0.717, 1.165) is 23.5 Å². The van der Waals surface area contributed by atoms with Crippen LogP contribution in [-0.2, 0) is 6.54 Å². The fourth-order valence-corrected chi connectivity index (χ4v) is 2.37. The zero-order chi connectivity index (χ0) is 18.2. The van der Waals surface area contributed by atoms with Crippen molar-refractivity contribution in [1.29, 1.82) is 0 Å². The molecule has 0 radical (unpaired) electrons. The molecule has 26 heavy (non-hydrogen) atoms. The molecule has 1 saturated carbocycles. The predicted octanol–water partition coefficient (Wildman–Crippen LogP) is 3.06. The van der Waals surface area contributed by atoms with Gasteiger partial charge in [0.05, 0.1) is 13.2 Å². The van der Waals surface area contributed by atoms with Crippen molar-refractivity contribution in [3.63, 3.8) is 0 Å². The van der Waals surface area contributed by atoms with Crippen LogP contribution in [0.15, 0.2) is 42.6 Å². The molecular weight excluding hydrogens is 330 g/mol. The lowest BCUT2D eigenvalue weighted by molar-refractivity contribution is 0.236. The second kappa shape index (κ2) is 9.08. The molecule has 1 heterocycles. The highest BCUT2D eigenvalue weighted by Crippen LogP contribution is 2.29. The summed E-state index contributed by atoms with van der Waals surface area (Å²) in [6, 6.07) is 11.3. The highest BCUT2D eigenvalue weighted by molar-refractivity contribution is 5.73. The number of nitrogens with one attached hydrogen (secondary N) is 2. The van der Waals surface area contributed by atoms with Gasteiger partial charge in [0.15, 0.2) is 0 Å². The number of hydrogen-bond acceptors (Lipinski definition) is 4. The van der Waals surface area contributed by atoms with E-state index in [0.29, 0.717) is 31.5 Å². The van der Waals surface area contributed by atoms with Crippen LogP contribution in [0.2, 0.25) is 0 Å². The largest absolute Gasteiger partial charge is 0.492 e. The smallest absolute Gasteiger partial charge is 0.315 e. The summed E-state index contributed by atoms with van der Waals surface area (Å²) >= 11 is 0. The highest BCUT2D eigenvalue weighted by Gasteiger charge is 2.22. The first-order chi connectivity index (χ1) is 12.7. The van der Waals surface area contributed by atoms with E-state index in [1.165, 1.54) is 12.8 Å². The maximum absolute atomic E-state index is 11.8. The van der Waals surface area contributed by atoms with Gasteiger partial charge < -0.3 is 20.1 Å². The molecule has 0 saturated heterocycles. The Bertz CT molecular complexity index is 714. The summed E-state index contributed by atoms with van der Waals surface area (Å²) < 4.78 is 11.2. The van der Waals surface area contributed by atoms with Gasteiger partial charge in [0.2, 0.25) is 5.88 Å². The van der Waals surface area contributed by atoms with E-state index in [9.17, 15) is 4.79 Å². The number of aromatic nitrogens is 1. The van der Waals surface area contributed by atoms with Gasteiger partial charge in [0.25, 0.3) is 0 Å². The Labute approximate surface area is 153 Å². The predicted molar refractivity (Wildman–Crippen MR) is 99.4 cm³/mol. The second-order valence-corrected chi connectivity index (χ2v) is 6.53. The van der Waals surface area contributed by atoms with Gasteiger partial charge in [-0.15, -0.1) is 0 Å². The normalized spacial score (nSPS) is 13.1. The Balaban J connectivity index is 1.29. The number of urea groups is 1. The van der Waals surface area contributed by atoms with Crippen LogP contribution >= 0.6 is 0 Å². The number of amides is 2. The van der Waals surface area contributed by atoms with Crippen LogP contribution in [0.1, 0.15) is 24.0 Å². The Morgan fingerprint density at radius 1 is 1.19 bits per heavy atom. The molecular formula is C20H25N3O3. The molecule has 1 aromatic heterocycles. The number of hydrogen-bond donors (Lipinski definition) is 2. The summed E-state index contributed by atoms with van der Waals surface area (Å²) in [6.45, 7) is 4.04. The van der Waals surface area contributed by atoms with Gasteiger partial charge in [0.1, 0.15) is 12.4 Å². The van der Waals surface area contributed by atoms with E-state index >= 15 is 0 Å². The van der Waals surface area contributed by atoms with Crippen molar-refractivity contribution in [3.8, 4) is 11.6 Å². The minimum Gasteiger partial charge on any atom is -0.492 e. The van der Waals surface area contributed by atoms with E-state index in [-0.39, 0.29) is 6.03 Å². The summed E-state index contributed by atoms with van der Waals surface area (Å²) in [6.07, 6.45) is 4.24. The quantitative estimate of drug-likeness (QED) is 0.678. The van der Waals surface area contributed by atoms with Crippen LogP contribution in [0, 0.1) is 12.8 Å². The maximum atomic E-state index is 11.8. The summed E-state index contributed by atoms with van der Waals surface area (Å²) in [5, 5.41) is 5.57. The number of carbonyl (C=O) groups is 1. The molecule has 0 aliphatic heterocycles. The van der Waals surface area contributed by atoms with Crippen molar-refractivity contribution in [3.05, 3.63) is 53.7 Å². The molecule has 0 unspecified atom stereocenters. The lowest BCUT2D eigenvalue weighted by Crippen LogP contribution is -2.37. The van der Waals surface area contributed by atoms with Crippen LogP contribution in [0.4, 0.5) is 4.79 Å². The Morgan fingerprint density at radius 3 is 2.81 bits per heavy atom. The first-order valence-electron chi connectivity index (χ1n) is 8.98. The number of aryl methyl sites for hydroxylation is 1. The zero-order valence-corrected chi connectivity index (χ0v) is 15.0. The van der Waals surface area contributed by atoms with Gasteiger partial charge in [-0.05, 0) is 48.9 Å². The van der Waals surface area contributed by atoms with Crippen molar-refractivity contribution >= 4 is 6.03 Å². The fourth-order valence-electron chi connectivity index (χ4n) is 2.37. The molecule has 1 aliphatic rings. The molecule has 2 aromatic rings. The van der Waals surface area contributed by atoms with Crippen molar-refractivity contribution in [2.45, 2.75) is 26.3 Å². The summed E-state index contributed by atoms with van der Waals surface area (Å²) in [4.78, 5) is 16.1.